The minimum atomic E-state index is -0.0448. The van der Waals surface area contributed by atoms with Gasteiger partial charge in [-0.25, -0.2) is 0 Å². The van der Waals surface area contributed by atoms with Crippen molar-refractivity contribution in [1.29, 1.82) is 0 Å². The highest BCUT2D eigenvalue weighted by molar-refractivity contribution is 7.01. The van der Waals surface area contributed by atoms with E-state index in [-0.39, 0.29) is 12.1 Å². The Morgan fingerprint density at radius 3 is 1.85 bits per heavy atom. The Morgan fingerprint density at radius 1 is 0.575 bits per heavy atom. The Morgan fingerprint density at radius 2 is 1.15 bits per heavy atom. The standard InChI is InChI=1S/C36H29BN2O/c1-36(2,3)24-22-30-34-31(23-24)39(26-16-8-5-9-17-26)35-33(27-18-10-13-21-32(27)40-35)37(34)28-19-11-12-20-29(28)38(30)25-14-6-4-7-15-25/h4-23H,1-3H3. The number of hydrogen-bond acceptors (Lipinski definition) is 3. The normalized spacial score (nSPS) is 13.7. The van der Waals surface area contributed by atoms with Crippen LogP contribution in [0.2, 0.25) is 0 Å². The maximum atomic E-state index is 6.77. The summed E-state index contributed by atoms with van der Waals surface area (Å²) in [6.07, 6.45) is 0. The zero-order chi connectivity index (χ0) is 27.0. The molecule has 3 nitrogen and oxygen atoms in total. The average molecular weight is 516 g/mol. The van der Waals surface area contributed by atoms with E-state index in [0.717, 1.165) is 22.8 Å². The lowest BCUT2D eigenvalue weighted by Crippen LogP contribution is -2.61. The van der Waals surface area contributed by atoms with E-state index in [2.05, 4.69) is 152 Å². The van der Waals surface area contributed by atoms with Crippen molar-refractivity contribution in [3.05, 3.63) is 127 Å². The summed E-state index contributed by atoms with van der Waals surface area (Å²) in [7, 11) is 0. The molecule has 5 aromatic carbocycles. The Kier molecular flexibility index (Phi) is 4.88. The van der Waals surface area contributed by atoms with E-state index in [4.69, 9.17) is 4.42 Å². The van der Waals surface area contributed by atoms with Gasteiger partial charge in [-0.1, -0.05) is 93.6 Å². The van der Waals surface area contributed by atoms with E-state index < -0.39 is 0 Å². The van der Waals surface area contributed by atoms with Crippen molar-refractivity contribution in [1.82, 2.24) is 0 Å². The van der Waals surface area contributed by atoms with E-state index in [1.165, 1.54) is 44.4 Å². The molecule has 0 aliphatic carbocycles. The van der Waals surface area contributed by atoms with Crippen LogP contribution in [0.15, 0.2) is 126 Å². The van der Waals surface area contributed by atoms with Crippen molar-refractivity contribution in [2.45, 2.75) is 26.2 Å². The number of rotatable bonds is 2. The summed E-state index contributed by atoms with van der Waals surface area (Å²) < 4.78 is 6.77. The van der Waals surface area contributed by atoms with Gasteiger partial charge in [0.1, 0.15) is 5.58 Å². The molecule has 6 aromatic rings. The SMILES string of the molecule is CC(C)(C)c1cc2c3c(c1)N(c1ccccc1)c1oc4ccccc4c1B3c1ccccc1N2c1ccccc1. The smallest absolute Gasteiger partial charge is 0.257 e. The summed E-state index contributed by atoms with van der Waals surface area (Å²) in [6, 6.07) is 43.6. The highest BCUT2D eigenvalue weighted by Crippen LogP contribution is 2.47. The third-order valence-electron chi connectivity index (χ3n) is 8.40. The summed E-state index contributed by atoms with van der Waals surface area (Å²) in [4.78, 5) is 4.80. The van der Waals surface area contributed by atoms with Crippen LogP contribution in [0, 0.1) is 0 Å². The molecule has 0 fully saturated rings. The molecule has 40 heavy (non-hydrogen) atoms. The second kappa shape index (κ2) is 8.40. The monoisotopic (exact) mass is 516 g/mol. The van der Waals surface area contributed by atoms with Crippen molar-refractivity contribution in [2.24, 2.45) is 0 Å². The quantitative estimate of drug-likeness (QED) is 0.219. The molecule has 0 amide bonds. The molecule has 1 aromatic heterocycles. The van der Waals surface area contributed by atoms with Gasteiger partial charge in [0, 0.05) is 39.3 Å². The van der Waals surface area contributed by atoms with Gasteiger partial charge in [-0.15, -0.1) is 0 Å². The number of furan rings is 1. The molecule has 0 unspecified atom stereocenters. The minimum absolute atomic E-state index is 0.0448. The van der Waals surface area contributed by atoms with E-state index in [1.807, 2.05) is 0 Å². The number of nitrogens with zero attached hydrogens (tertiary/aromatic N) is 2. The van der Waals surface area contributed by atoms with Crippen LogP contribution in [0.5, 0.6) is 0 Å². The highest BCUT2D eigenvalue weighted by Gasteiger charge is 2.46. The molecule has 0 spiro atoms. The lowest BCUT2D eigenvalue weighted by atomic mass is 9.33. The maximum absolute atomic E-state index is 6.77. The number of anilines is 6. The van der Waals surface area contributed by atoms with E-state index in [1.54, 1.807) is 0 Å². The van der Waals surface area contributed by atoms with Crippen LogP contribution >= 0.6 is 0 Å². The number of fused-ring (bicyclic) bond motifs is 6. The molecule has 0 bridgehead atoms. The first-order valence-corrected chi connectivity index (χ1v) is 14.0. The molecule has 4 heteroatoms. The first kappa shape index (κ1) is 23.2. The topological polar surface area (TPSA) is 19.6 Å². The molecule has 0 radical (unpaired) electrons. The van der Waals surface area contributed by atoms with Crippen molar-refractivity contribution < 1.29 is 4.42 Å². The van der Waals surface area contributed by atoms with Crippen molar-refractivity contribution >= 4 is 68.4 Å². The number of benzene rings is 5. The summed E-state index contributed by atoms with van der Waals surface area (Å²) in [5, 5.41) is 1.17. The van der Waals surface area contributed by atoms with Crippen LogP contribution in [0.3, 0.4) is 0 Å². The summed E-state index contributed by atoms with van der Waals surface area (Å²) in [6.45, 7) is 6.94. The van der Waals surface area contributed by atoms with E-state index in [0.29, 0.717) is 0 Å². The minimum Gasteiger partial charge on any atom is -0.440 e. The Labute approximate surface area is 235 Å². The predicted molar refractivity (Wildman–Crippen MR) is 169 cm³/mol. The number of para-hydroxylation sites is 4. The second-order valence-electron chi connectivity index (χ2n) is 11.8. The van der Waals surface area contributed by atoms with Gasteiger partial charge in [-0.3, -0.25) is 4.90 Å². The van der Waals surface area contributed by atoms with Crippen LogP contribution in [0.25, 0.3) is 11.0 Å². The Hall–Kier alpha value is -4.70. The molecule has 2 aliphatic heterocycles. The van der Waals surface area contributed by atoms with Gasteiger partial charge in [0.25, 0.3) is 6.71 Å². The third kappa shape index (κ3) is 3.26. The molecule has 192 valence electrons. The molecule has 0 atom stereocenters. The van der Waals surface area contributed by atoms with Crippen LogP contribution in [0.4, 0.5) is 34.3 Å². The van der Waals surface area contributed by atoms with Crippen LogP contribution in [-0.4, -0.2) is 6.71 Å². The van der Waals surface area contributed by atoms with Gasteiger partial charge in [-0.2, -0.15) is 0 Å². The van der Waals surface area contributed by atoms with Gasteiger partial charge in [0.2, 0.25) is 5.88 Å². The van der Waals surface area contributed by atoms with E-state index in [9.17, 15) is 0 Å². The van der Waals surface area contributed by atoms with Gasteiger partial charge < -0.3 is 9.32 Å². The Balaban J connectivity index is 1.55. The lowest BCUT2D eigenvalue weighted by molar-refractivity contribution is 0.590. The molecule has 2 aliphatic rings. The maximum Gasteiger partial charge on any atom is 0.257 e. The lowest BCUT2D eigenvalue weighted by Gasteiger charge is -2.43. The van der Waals surface area contributed by atoms with Crippen molar-refractivity contribution in [3.8, 4) is 0 Å². The van der Waals surface area contributed by atoms with Gasteiger partial charge in [-0.05, 0) is 70.4 Å². The van der Waals surface area contributed by atoms with Crippen LogP contribution < -0.4 is 26.2 Å². The third-order valence-corrected chi connectivity index (χ3v) is 8.40. The summed E-state index contributed by atoms with van der Waals surface area (Å²) >= 11 is 0. The zero-order valence-corrected chi connectivity index (χ0v) is 22.9. The fraction of sp³-hybridized carbons (Fsp3) is 0.111. The molecular formula is C36H29BN2O. The first-order valence-electron chi connectivity index (χ1n) is 14.0. The van der Waals surface area contributed by atoms with Crippen LogP contribution in [0.1, 0.15) is 26.3 Å². The van der Waals surface area contributed by atoms with Gasteiger partial charge >= 0.3 is 0 Å². The number of hydrogen-bond donors (Lipinski definition) is 0. The van der Waals surface area contributed by atoms with Crippen molar-refractivity contribution in [2.75, 3.05) is 9.80 Å². The molecular weight excluding hydrogens is 487 g/mol. The highest BCUT2D eigenvalue weighted by atomic mass is 16.4. The van der Waals surface area contributed by atoms with Crippen LogP contribution in [-0.2, 0) is 5.41 Å². The molecule has 0 saturated carbocycles. The first-order chi connectivity index (χ1) is 19.5. The molecule has 8 rings (SSSR count). The second-order valence-corrected chi connectivity index (χ2v) is 11.8. The molecule has 3 heterocycles. The zero-order valence-electron chi connectivity index (χ0n) is 22.9. The van der Waals surface area contributed by atoms with E-state index >= 15 is 0 Å². The molecule has 0 N–H and O–H groups in total. The van der Waals surface area contributed by atoms with Crippen molar-refractivity contribution in [3.63, 3.8) is 0 Å². The summed E-state index contributed by atoms with van der Waals surface area (Å²) in [5.74, 6) is 0.907. The Bertz CT molecular complexity index is 1900. The van der Waals surface area contributed by atoms with Gasteiger partial charge in [0.05, 0.1) is 0 Å². The predicted octanol–water partition coefficient (Wildman–Crippen LogP) is 7.81. The fourth-order valence-electron chi connectivity index (χ4n) is 6.54. The average Bonchev–Trinajstić information content (AvgIpc) is 3.36. The fourth-order valence-corrected chi connectivity index (χ4v) is 6.54. The molecule has 0 saturated heterocycles. The largest absolute Gasteiger partial charge is 0.440 e. The van der Waals surface area contributed by atoms with Gasteiger partial charge in [0.15, 0.2) is 0 Å². The summed E-state index contributed by atoms with van der Waals surface area (Å²) in [5.41, 5.74) is 11.9.